The van der Waals surface area contributed by atoms with Gasteiger partial charge >= 0.3 is 0 Å². The van der Waals surface area contributed by atoms with E-state index in [0.29, 0.717) is 30.2 Å². The summed E-state index contributed by atoms with van der Waals surface area (Å²) in [6, 6.07) is 13.6. The lowest BCUT2D eigenvalue weighted by Gasteiger charge is -2.09. The lowest BCUT2D eigenvalue weighted by Crippen LogP contribution is -2.14. The molecule has 4 rings (SSSR count). The first-order chi connectivity index (χ1) is 14.6. The van der Waals surface area contributed by atoms with Crippen molar-refractivity contribution >= 4 is 50.7 Å². The minimum atomic E-state index is -0.0872. The summed E-state index contributed by atoms with van der Waals surface area (Å²) in [7, 11) is 0. The number of pyridine rings is 1. The van der Waals surface area contributed by atoms with Gasteiger partial charge in [0.25, 0.3) is 0 Å². The number of thiophene rings is 1. The van der Waals surface area contributed by atoms with Gasteiger partial charge in [-0.3, -0.25) is 4.79 Å². The van der Waals surface area contributed by atoms with Gasteiger partial charge in [-0.05, 0) is 31.0 Å². The molecular formula is C22H20ClN5OS. The Balaban J connectivity index is 1.42. The SMILES string of the molecule is Cc1sc2ncnc(NCCCC(=O)Nc3ccc(Cl)cn3)c2c1-c1ccccc1. The van der Waals surface area contributed by atoms with Crippen LogP contribution in [-0.4, -0.2) is 27.4 Å². The molecule has 2 N–H and O–H groups in total. The van der Waals surface area contributed by atoms with Gasteiger partial charge in [0, 0.05) is 29.6 Å². The summed E-state index contributed by atoms with van der Waals surface area (Å²) in [4.78, 5) is 27.3. The molecule has 4 aromatic rings. The van der Waals surface area contributed by atoms with Crippen LogP contribution >= 0.6 is 22.9 Å². The second-order valence-electron chi connectivity index (χ2n) is 6.74. The first-order valence-electron chi connectivity index (χ1n) is 9.56. The molecule has 1 amide bonds. The number of aryl methyl sites for hydroxylation is 1. The Bertz CT molecular complexity index is 1160. The number of aromatic nitrogens is 3. The van der Waals surface area contributed by atoms with Crippen LogP contribution in [0.5, 0.6) is 0 Å². The van der Waals surface area contributed by atoms with E-state index >= 15 is 0 Å². The first kappa shape index (κ1) is 20.3. The van der Waals surface area contributed by atoms with Crippen molar-refractivity contribution in [3.8, 4) is 11.1 Å². The molecule has 152 valence electrons. The standard InChI is InChI=1S/C22H20ClN5OS/c1-14-19(15-6-3-2-4-7-15)20-21(26-13-27-22(20)30-14)24-11-5-8-18(29)28-17-10-9-16(23)12-25-17/h2-4,6-7,9-10,12-13H,5,8,11H2,1H3,(H,24,26,27)(H,25,28,29). The van der Waals surface area contributed by atoms with E-state index in [0.717, 1.165) is 27.2 Å². The number of hydrogen-bond acceptors (Lipinski definition) is 6. The Morgan fingerprint density at radius 3 is 2.70 bits per heavy atom. The van der Waals surface area contributed by atoms with Gasteiger partial charge in [0.15, 0.2) is 0 Å². The number of halogens is 1. The maximum absolute atomic E-state index is 12.1. The van der Waals surface area contributed by atoms with Crippen molar-refractivity contribution in [2.45, 2.75) is 19.8 Å². The van der Waals surface area contributed by atoms with Crippen molar-refractivity contribution in [3.63, 3.8) is 0 Å². The molecule has 0 saturated carbocycles. The number of nitrogens with one attached hydrogen (secondary N) is 2. The maximum Gasteiger partial charge on any atom is 0.225 e. The summed E-state index contributed by atoms with van der Waals surface area (Å²) in [5.41, 5.74) is 2.30. The maximum atomic E-state index is 12.1. The summed E-state index contributed by atoms with van der Waals surface area (Å²) >= 11 is 7.47. The molecule has 0 saturated heterocycles. The van der Waals surface area contributed by atoms with E-state index in [1.807, 2.05) is 18.2 Å². The van der Waals surface area contributed by atoms with Crippen molar-refractivity contribution in [2.75, 3.05) is 17.2 Å². The molecule has 1 aromatic carbocycles. The molecule has 8 heteroatoms. The zero-order valence-electron chi connectivity index (χ0n) is 16.4. The van der Waals surface area contributed by atoms with E-state index in [2.05, 4.69) is 44.6 Å². The average molecular weight is 438 g/mol. The topological polar surface area (TPSA) is 79.8 Å². The molecule has 0 fully saturated rings. The molecule has 0 aliphatic heterocycles. The average Bonchev–Trinajstić information content (AvgIpc) is 3.10. The van der Waals surface area contributed by atoms with Crippen molar-refractivity contribution in [1.29, 1.82) is 0 Å². The highest BCUT2D eigenvalue weighted by atomic mass is 35.5. The van der Waals surface area contributed by atoms with E-state index in [9.17, 15) is 4.79 Å². The van der Waals surface area contributed by atoms with Gasteiger partial charge in [-0.15, -0.1) is 11.3 Å². The van der Waals surface area contributed by atoms with Crippen LogP contribution in [0.2, 0.25) is 5.02 Å². The minimum Gasteiger partial charge on any atom is -0.369 e. The lowest BCUT2D eigenvalue weighted by molar-refractivity contribution is -0.116. The Labute approximate surface area is 183 Å². The third-order valence-corrected chi connectivity index (χ3v) is 5.83. The molecule has 3 aromatic heterocycles. The Morgan fingerprint density at radius 1 is 1.10 bits per heavy atom. The molecule has 3 heterocycles. The summed E-state index contributed by atoms with van der Waals surface area (Å²) in [5, 5.41) is 7.71. The fourth-order valence-electron chi connectivity index (χ4n) is 3.24. The van der Waals surface area contributed by atoms with Gasteiger partial charge in [-0.25, -0.2) is 15.0 Å². The molecular weight excluding hydrogens is 418 g/mol. The molecule has 30 heavy (non-hydrogen) atoms. The van der Waals surface area contributed by atoms with Gasteiger partial charge in [0.1, 0.15) is 22.8 Å². The number of benzene rings is 1. The summed E-state index contributed by atoms with van der Waals surface area (Å²) in [6.45, 7) is 2.73. The summed E-state index contributed by atoms with van der Waals surface area (Å²) in [6.07, 6.45) is 4.12. The molecule has 0 atom stereocenters. The van der Waals surface area contributed by atoms with Crippen LogP contribution < -0.4 is 10.6 Å². The molecule has 0 aliphatic rings. The quantitative estimate of drug-likeness (QED) is 0.371. The van der Waals surface area contributed by atoms with Gasteiger partial charge in [0.2, 0.25) is 5.91 Å². The zero-order chi connectivity index (χ0) is 20.9. The van der Waals surface area contributed by atoms with E-state index in [1.54, 1.807) is 29.8 Å². The summed E-state index contributed by atoms with van der Waals surface area (Å²) in [5.74, 6) is 1.20. The Kier molecular flexibility index (Phi) is 6.21. The van der Waals surface area contributed by atoms with Crippen LogP contribution in [0.15, 0.2) is 55.0 Å². The number of nitrogens with zero attached hydrogens (tertiary/aromatic N) is 3. The van der Waals surface area contributed by atoms with Crippen LogP contribution in [0, 0.1) is 6.92 Å². The highest BCUT2D eigenvalue weighted by Crippen LogP contribution is 2.40. The highest BCUT2D eigenvalue weighted by molar-refractivity contribution is 7.19. The second-order valence-corrected chi connectivity index (χ2v) is 8.38. The van der Waals surface area contributed by atoms with Crippen molar-refractivity contribution in [2.24, 2.45) is 0 Å². The van der Waals surface area contributed by atoms with Crippen molar-refractivity contribution in [1.82, 2.24) is 15.0 Å². The second kappa shape index (κ2) is 9.19. The predicted octanol–water partition coefficient (Wildman–Crippen LogP) is 5.55. The van der Waals surface area contributed by atoms with E-state index in [1.165, 1.54) is 11.1 Å². The van der Waals surface area contributed by atoms with E-state index in [4.69, 9.17) is 11.6 Å². The van der Waals surface area contributed by atoms with Crippen LogP contribution in [-0.2, 0) is 4.79 Å². The van der Waals surface area contributed by atoms with E-state index in [-0.39, 0.29) is 5.91 Å². The number of hydrogen-bond donors (Lipinski definition) is 2. The zero-order valence-corrected chi connectivity index (χ0v) is 17.9. The van der Waals surface area contributed by atoms with E-state index < -0.39 is 0 Å². The van der Waals surface area contributed by atoms with Gasteiger partial charge in [-0.1, -0.05) is 41.9 Å². The third kappa shape index (κ3) is 4.58. The molecule has 0 radical (unpaired) electrons. The van der Waals surface area contributed by atoms with Crippen LogP contribution in [0.25, 0.3) is 21.3 Å². The fraction of sp³-hybridized carbons (Fsp3) is 0.182. The molecule has 0 bridgehead atoms. The first-order valence-corrected chi connectivity index (χ1v) is 10.8. The Hall–Kier alpha value is -3.03. The molecule has 0 spiro atoms. The Morgan fingerprint density at radius 2 is 1.93 bits per heavy atom. The van der Waals surface area contributed by atoms with Gasteiger partial charge in [0.05, 0.1) is 10.4 Å². The van der Waals surface area contributed by atoms with Gasteiger partial charge in [-0.2, -0.15) is 0 Å². The molecule has 0 aliphatic carbocycles. The lowest BCUT2D eigenvalue weighted by atomic mass is 10.0. The van der Waals surface area contributed by atoms with Crippen LogP contribution in [0.4, 0.5) is 11.6 Å². The number of rotatable bonds is 7. The summed E-state index contributed by atoms with van der Waals surface area (Å²) < 4.78 is 0. The third-order valence-electron chi connectivity index (χ3n) is 4.59. The van der Waals surface area contributed by atoms with Crippen LogP contribution in [0.1, 0.15) is 17.7 Å². The number of fused-ring (bicyclic) bond motifs is 1. The fourth-order valence-corrected chi connectivity index (χ4v) is 4.37. The number of anilines is 2. The highest BCUT2D eigenvalue weighted by Gasteiger charge is 2.16. The normalized spacial score (nSPS) is 10.9. The minimum absolute atomic E-state index is 0.0872. The van der Waals surface area contributed by atoms with Crippen LogP contribution in [0.3, 0.4) is 0 Å². The van der Waals surface area contributed by atoms with Crippen molar-refractivity contribution in [3.05, 3.63) is 64.9 Å². The number of amides is 1. The molecule has 0 unspecified atom stereocenters. The predicted molar refractivity (Wildman–Crippen MR) is 123 cm³/mol. The largest absolute Gasteiger partial charge is 0.369 e. The number of carbonyl (C=O) groups excluding carboxylic acids is 1. The van der Waals surface area contributed by atoms with Gasteiger partial charge < -0.3 is 10.6 Å². The van der Waals surface area contributed by atoms with Crippen molar-refractivity contribution < 1.29 is 4.79 Å². The smallest absolute Gasteiger partial charge is 0.225 e. The monoisotopic (exact) mass is 437 g/mol. The molecule has 6 nitrogen and oxygen atoms in total. The number of carbonyl (C=O) groups is 1.